The lowest BCUT2D eigenvalue weighted by Crippen LogP contribution is -2.27. The number of halogens is 2. The van der Waals surface area contributed by atoms with Gasteiger partial charge in [0.2, 0.25) is 0 Å². The van der Waals surface area contributed by atoms with Gasteiger partial charge in [-0.25, -0.2) is 0 Å². The lowest BCUT2D eigenvalue weighted by molar-refractivity contribution is -0.123. The summed E-state index contributed by atoms with van der Waals surface area (Å²) in [5, 5.41) is -0.278. The Morgan fingerprint density at radius 3 is 2.68 bits per heavy atom. The number of hydrogen-bond donors (Lipinski definition) is 0. The molecule has 0 unspecified atom stereocenters. The van der Waals surface area contributed by atoms with Gasteiger partial charge < -0.3 is 9.47 Å². The highest BCUT2D eigenvalue weighted by Gasteiger charge is 2.35. The molecule has 0 radical (unpaired) electrons. The summed E-state index contributed by atoms with van der Waals surface area (Å²) in [4.78, 5) is 26.8. The summed E-state index contributed by atoms with van der Waals surface area (Å²) in [7, 11) is 1.59. The van der Waals surface area contributed by atoms with Crippen LogP contribution in [0.25, 0.3) is 6.08 Å². The monoisotopic (exact) mass is 573 g/mol. The van der Waals surface area contributed by atoms with Crippen LogP contribution < -0.4 is 9.47 Å². The second kappa shape index (κ2) is 9.32. The Morgan fingerprint density at radius 1 is 1.25 bits per heavy atom. The summed E-state index contributed by atoms with van der Waals surface area (Å²) in [6, 6.07) is 11.2. The minimum Gasteiger partial charge on any atom is -0.492 e. The van der Waals surface area contributed by atoms with Crippen LogP contribution >= 0.6 is 50.3 Å². The molecule has 1 aliphatic rings. The fourth-order valence-corrected chi connectivity index (χ4v) is 4.81. The smallest absolute Gasteiger partial charge is 0.293 e. The predicted octanol–water partition coefficient (Wildman–Crippen LogP) is 5.70. The molecule has 2 aromatic carbocycles. The van der Waals surface area contributed by atoms with E-state index in [0.717, 1.165) is 30.9 Å². The van der Waals surface area contributed by atoms with Crippen LogP contribution in [0.15, 0.2) is 45.8 Å². The van der Waals surface area contributed by atoms with Crippen LogP contribution in [0.5, 0.6) is 11.5 Å². The van der Waals surface area contributed by atoms with Crippen molar-refractivity contribution in [1.29, 1.82) is 0 Å². The maximum Gasteiger partial charge on any atom is 0.293 e. The van der Waals surface area contributed by atoms with Crippen molar-refractivity contribution in [3.8, 4) is 11.5 Å². The minimum absolute atomic E-state index is 0.230. The number of nitrogens with zero attached hydrogens (tertiary/aromatic N) is 1. The fourth-order valence-electron chi connectivity index (χ4n) is 2.72. The van der Waals surface area contributed by atoms with Crippen molar-refractivity contribution in [2.45, 2.75) is 13.5 Å². The maximum atomic E-state index is 12.8. The molecule has 1 fully saturated rings. The number of carbonyl (C=O) groups is 2. The Bertz CT molecular complexity index is 963. The second-order valence-electron chi connectivity index (χ2n) is 5.83. The minimum atomic E-state index is -0.297. The molecule has 3 rings (SSSR count). The van der Waals surface area contributed by atoms with Crippen LogP contribution in [0.4, 0.5) is 4.79 Å². The topological polar surface area (TPSA) is 55.8 Å². The molecule has 1 heterocycles. The Kier molecular flexibility index (Phi) is 7.05. The third kappa shape index (κ3) is 4.55. The molecule has 0 aromatic heterocycles. The van der Waals surface area contributed by atoms with Crippen LogP contribution in [0, 0.1) is 3.57 Å². The highest BCUT2D eigenvalue weighted by Crippen LogP contribution is 2.38. The van der Waals surface area contributed by atoms with E-state index in [0.29, 0.717) is 23.0 Å². The van der Waals surface area contributed by atoms with Crippen molar-refractivity contribution in [2.24, 2.45) is 0 Å². The second-order valence-corrected chi connectivity index (χ2v) is 8.84. The normalized spacial score (nSPS) is 15.4. The molecule has 0 atom stereocenters. The number of benzene rings is 2. The molecule has 0 spiro atoms. The van der Waals surface area contributed by atoms with Crippen molar-refractivity contribution >= 4 is 67.5 Å². The van der Waals surface area contributed by atoms with Gasteiger partial charge in [-0.2, -0.15) is 0 Å². The summed E-state index contributed by atoms with van der Waals surface area (Å²) in [6.07, 6.45) is 1.72. The number of thioether (sulfide) groups is 1. The zero-order valence-corrected chi connectivity index (χ0v) is 19.8. The van der Waals surface area contributed by atoms with Crippen molar-refractivity contribution in [1.82, 2.24) is 4.90 Å². The van der Waals surface area contributed by atoms with Crippen LogP contribution in [-0.4, -0.2) is 29.8 Å². The highest BCUT2D eigenvalue weighted by atomic mass is 127. The van der Waals surface area contributed by atoms with Gasteiger partial charge >= 0.3 is 0 Å². The molecule has 146 valence electrons. The summed E-state index contributed by atoms with van der Waals surface area (Å²) in [5.74, 6) is 0.965. The maximum absolute atomic E-state index is 12.8. The fraction of sp³-hybridized carbons (Fsp3) is 0.200. The first kappa shape index (κ1) is 21.2. The van der Waals surface area contributed by atoms with E-state index in [2.05, 4.69) is 38.5 Å². The van der Waals surface area contributed by atoms with Crippen LogP contribution in [0.2, 0.25) is 0 Å². The van der Waals surface area contributed by atoms with E-state index in [9.17, 15) is 9.59 Å². The molecular formula is C20H17BrINO4S. The Balaban J connectivity index is 1.88. The molecule has 1 saturated heterocycles. The summed E-state index contributed by atoms with van der Waals surface area (Å²) < 4.78 is 12.8. The van der Waals surface area contributed by atoms with Gasteiger partial charge in [-0.05, 0) is 76.7 Å². The molecule has 0 saturated carbocycles. The third-order valence-corrected chi connectivity index (χ3v) is 6.48. The van der Waals surface area contributed by atoms with Crippen molar-refractivity contribution in [3.05, 3.63) is 60.5 Å². The number of carbonyl (C=O) groups excluding carboxylic acids is 2. The number of hydrogen-bond acceptors (Lipinski definition) is 5. The average molecular weight is 574 g/mol. The van der Waals surface area contributed by atoms with Gasteiger partial charge in [-0.3, -0.25) is 14.5 Å². The number of amides is 2. The summed E-state index contributed by atoms with van der Waals surface area (Å²) in [5.41, 5.74) is 1.66. The zero-order valence-electron chi connectivity index (χ0n) is 15.2. The van der Waals surface area contributed by atoms with E-state index in [1.54, 1.807) is 13.2 Å². The first-order valence-corrected chi connectivity index (χ1v) is 11.1. The van der Waals surface area contributed by atoms with E-state index in [1.807, 2.05) is 43.3 Å². The number of rotatable bonds is 6. The Hall–Kier alpha value is -1.52. The first-order valence-electron chi connectivity index (χ1n) is 8.43. The molecule has 0 bridgehead atoms. The molecule has 8 heteroatoms. The Morgan fingerprint density at radius 2 is 2.00 bits per heavy atom. The van der Waals surface area contributed by atoms with Gasteiger partial charge in [0.05, 0.1) is 28.7 Å². The van der Waals surface area contributed by atoms with Gasteiger partial charge in [-0.15, -0.1) is 0 Å². The van der Waals surface area contributed by atoms with Gasteiger partial charge in [0.25, 0.3) is 11.1 Å². The number of imide groups is 1. The molecule has 1 aliphatic heterocycles. The lowest BCUT2D eigenvalue weighted by Gasteiger charge is -2.13. The van der Waals surface area contributed by atoms with Crippen molar-refractivity contribution in [3.63, 3.8) is 0 Å². The van der Waals surface area contributed by atoms with Crippen molar-refractivity contribution < 1.29 is 19.1 Å². The van der Waals surface area contributed by atoms with Gasteiger partial charge in [-0.1, -0.05) is 34.1 Å². The van der Waals surface area contributed by atoms with E-state index < -0.39 is 0 Å². The molecule has 2 amide bonds. The number of ether oxygens (including phenoxy) is 2. The quantitative estimate of drug-likeness (QED) is 0.328. The van der Waals surface area contributed by atoms with E-state index >= 15 is 0 Å². The van der Waals surface area contributed by atoms with E-state index in [1.165, 1.54) is 4.90 Å². The average Bonchev–Trinajstić information content (AvgIpc) is 2.91. The van der Waals surface area contributed by atoms with Crippen LogP contribution in [0.3, 0.4) is 0 Å². The van der Waals surface area contributed by atoms with Crippen LogP contribution in [0.1, 0.15) is 18.1 Å². The summed E-state index contributed by atoms with van der Waals surface area (Å²) >= 11 is 6.57. The summed E-state index contributed by atoms with van der Waals surface area (Å²) in [6.45, 7) is 2.62. The molecule has 0 N–H and O–H groups in total. The lowest BCUT2D eigenvalue weighted by atomic mass is 10.1. The Labute approximate surface area is 189 Å². The molecular weight excluding hydrogens is 557 g/mol. The standard InChI is InChI=1S/C20H17BrINO4S/c1-3-27-16-9-12(8-15(22)18(16)26-2)10-17-19(24)23(20(25)28-17)11-13-6-4-5-7-14(13)21/h4-10H,3,11H2,1-2H3/b17-10-. The van der Waals surface area contributed by atoms with E-state index in [4.69, 9.17) is 9.47 Å². The van der Waals surface area contributed by atoms with Gasteiger partial charge in [0.15, 0.2) is 11.5 Å². The first-order chi connectivity index (χ1) is 13.4. The largest absolute Gasteiger partial charge is 0.492 e. The van der Waals surface area contributed by atoms with Gasteiger partial charge in [0, 0.05) is 4.47 Å². The molecule has 0 aliphatic carbocycles. The zero-order chi connectivity index (χ0) is 20.3. The third-order valence-electron chi connectivity index (χ3n) is 3.99. The van der Waals surface area contributed by atoms with E-state index in [-0.39, 0.29) is 17.7 Å². The molecule has 5 nitrogen and oxygen atoms in total. The van der Waals surface area contributed by atoms with Crippen LogP contribution in [-0.2, 0) is 11.3 Å². The predicted molar refractivity (Wildman–Crippen MR) is 123 cm³/mol. The number of methoxy groups -OCH3 is 1. The molecule has 28 heavy (non-hydrogen) atoms. The van der Waals surface area contributed by atoms with Crippen molar-refractivity contribution in [2.75, 3.05) is 13.7 Å². The SMILES string of the molecule is CCOc1cc(/C=C2\SC(=O)N(Cc3ccccc3Br)C2=O)cc(I)c1OC. The highest BCUT2D eigenvalue weighted by molar-refractivity contribution is 14.1. The van der Waals surface area contributed by atoms with Gasteiger partial charge in [0.1, 0.15) is 0 Å². The molecule has 2 aromatic rings.